The van der Waals surface area contributed by atoms with Gasteiger partial charge in [0.1, 0.15) is 0 Å². The lowest BCUT2D eigenvalue weighted by Crippen LogP contribution is -2.57. The van der Waals surface area contributed by atoms with Crippen LogP contribution in [0, 0.1) is 0 Å². The van der Waals surface area contributed by atoms with Crippen LogP contribution in [-0.4, -0.2) is 91.0 Å². The number of pyridine rings is 1. The van der Waals surface area contributed by atoms with Gasteiger partial charge in [-0.05, 0) is 25.8 Å². The van der Waals surface area contributed by atoms with Gasteiger partial charge in [-0.15, -0.1) is 24.0 Å². The summed E-state index contributed by atoms with van der Waals surface area (Å²) in [5, 5.41) is 3.38. The summed E-state index contributed by atoms with van der Waals surface area (Å²) in [6.07, 6.45) is 2.27. The van der Waals surface area contributed by atoms with E-state index in [0.717, 1.165) is 63.8 Å². The number of nitrogens with zero attached hydrogens (tertiary/aromatic N) is 5. The third kappa shape index (κ3) is 6.18. The summed E-state index contributed by atoms with van der Waals surface area (Å²) in [6, 6.07) is 5.69. The Labute approximate surface area is 190 Å². The predicted octanol–water partition coefficient (Wildman–Crippen LogP) is 1.41. The van der Waals surface area contributed by atoms with Gasteiger partial charge in [0.2, 0.25) is 11.8 Å². The summed E-state index contributed by atoms with van der Waals surface area (Å²) in [5.74, 6) is 1.75. The molecule has 0 saturated carbocycles. The van der Waals surface area contributed by atoms with Gasteiger partial charge in [-0.1, -0.05) is 6.07 Å². The highest BCUT2D eigenvalue weighted by Gasteiger charge is 2.30. The van der Waals surface area contributed by atoms with Crippen molar-refractivity contribution in [2.75, 3.05) is 53.4 Å². The molecule has 0 aromatic carbocycles. The zero-order valence-electron chi connectivity index (χ0n) is 17.6. The molecule has 2 fully saturated rings. The Balaban J connectivity index is 0.00000300. The fourth-order valence-corrected chi connectivity index (χ4v) is 3.85. The normalized spacial score (nSPS) is 18.9. The molecule has 0 spiro atoms. The van der Waals surface area contributed by atoms with Crippen LogP contribution < -0.4 is 10.1 Å². The average molecular weight is 516 g/mol. The first-order valence-electron chi connectivity index (χ1n) is 10.1. The highest BCUT2D eigenvalue weighted by Crippen LogP contribution is 2.14. The van der Waals surface area contributed by atoms with Gasteiger partial charge in [0.05, 0.1) is 25.4 Å². The third-order valence-corrected chi connectivity index (χ3v) is 5.57. The summed E-state index contributed by atoms with van der Waals surface area (Å²) >= 11 is 0. The van der Waals surface area contributed by atoms with Crippen LogP contribution in [0.3, 0.4) is 0 Å². The van der Waals surface area contributed by atoms with Gasteiger partial charge in [-0.25, -0.2) is 4.98 Å². The molecular weight excluding hydrogens is 483 g/mol. The van der Waals surface area contributed by atoms with E-state index in [2.05, 4.69) is 25.1 Å². The lowest BCUT2D eigenvalue weighted by molar-refractivity contribution is -0.135. The number of hydrogen-bond donors (Lipinski definition) is 1. The van der Waals surface area contributed by atoms with E-state index in [4.69, 9.17) is 4.74 Å². The van der Waals surface area contributed by atoms with Gasteiger partial charge in [-0.3, -0.25) is 14.7 Å². The lowest BCUT2D eigenvalue weighted by atomic mass is 10.2. The summed E-state index contributed by atoms with van der Waals surface area (Å²) in [7, 11) is 3.42. The first-order chi connectivity index (χ1) is 13.6. The molecule has 2 saturated heterocycles. The summed E-state index contributed by atoms with van der Waals surface area (Å²) < 4.78 is 5.18. The van der Waals surface area contributed by atoms with Crippen LogP contribution in [0.4, 0.5) is 0 Å². The molecule has 162 valence electrons. The summed E-state index contributed by atoms with van der Waals surface area (Å²) in [5.41, 5.74) is 0.906. The van der Waals surface area contributed by atoms with Crippen molar-refractivity contribution in [2.24, 2.45) is 4.99 Å². The molecule has 1 atom stereocenters. The smallest absolute Gasteiger partial charge is 0.239 e. The number of carbonyl (C=O) groups is 1. The second kappa shape index (κ2) is 11.5. The maximum absolute atomic E-state index is 12.6. The minimum atomic E-state index is -0.0452. The second-order valence-electron chi connectivity index (χ2n) is 7.30. The van der Waals surface area contributed by atoms with Crippen LogP contribution >= 0.6 is 24.0 Å². The van der Waals surface area contributed by atoms with Crippen LogP contribution in [0.2, 0.25) is 0 Å². The Morgan fingerprint density at radius 1 is 1.17 bits per heavy atom. The van der Waals surface area contributed by atoms with Gasteiger partial charge >= 0.3 is 0 Å². The second-order valence-corrected chi connectivity index (χ2v) is 7.30. The Kier molecular flexibility index (Phi) is 9.41. The maximum Gasteiger partial charge on any atom is 0.239 e. The molecule has 3 heterocycles. The van der Waals surface area contributed by atoms with Crippen LogP contribution in [0.5, 0.6) is 5.88 Å². The third-order valence-electron chi connectivity index (χ3n) is 5.57. The topological polar surface area (TPSA) is 73.3 Å². The standard InChI is InChI=1S/C20H32N6O2.HI/c1-16(19(27)25-9-4-5-10-25)24-11-13-26(14-12-24)20(21-2)22-15-17-7-6-8-18(23-17)28-3;/h6-8,16H,4-5,9-15H2,1-3H3,(H,21,22);1H. The quantitative estimate of drug-likeness (QED) is 0.363. The number of aliphatic imine (C=N–C) groups is 1. The molecule has 8 nitrogen and oxygen atoms in total. The molecule has 1 amide bonds. The van der Waals surface area contributed by atoms with Crippen molar-refractivity contribution in [3.63, 3.8) is 0 Å². The number of guanidine groups is 1. The highest BCUT2D eigenvalue weighted by atomic mass is 127. The Morgan fingerprint density at radius 2 is 1.86 bits per heavy atom. The minimum Gasteiger partial charge on any atom is -0.481 e. The number of carbonyl (C=O) groups excluding carboxylic acids is 1. The molecule has 29 heavy (non-hydrogen) atoms. The van der Waals surface area contributed by atoms with E-state index in [0.29, 0.717) is 12.4 Å². The average Bonchev–Trinajstić information content (AvgIpc) is 3.28. The van der Waals surface area contributed by atoms with Crippen molar-refractivity contribution in [1.29, 1.82) is 0 Å². The molecule has 1 N–H and O–H groups in total. The highest BCUT2D eigenvalue weighted by molar-refractivity contribution is 14.0. The maximum atomic E-state index is 12.6. The number of piperazine rings is 1. The molecule has 0 bridgehead atoms. The van der Waals surface area contributed by atoms with Crippen LogP contribution in [0.15, 0.2) is 23.2 Å². The summed E-state index contributed by atoms with van der Waals surface area (Å²) in [6.45, 7) is 7.88. The molecule has 2 aliphatic rings. The Bertz CT molecular complexity index is 687. The first-order valence-corrected chi connectivity index (χ1v) is 10.1. The number of ether oxygens (including phenoxy) is 1. The van der Waals surface area contributed by atoms with Crippen molar-refractivity contribution >= 4 is 35.8 Å². The van der Waals surface area contributed by atoms with E-state index in [9.17, 15) is 4.79 Å². The molecule has 2 aliphatic heterocycles. The van der Waals surface area contributed by atoms with Gasteiger partial charge in [0.15, 0.2) is 5.96 Å². The number of nitrogens with one attached hydrogen (secondary N) is 1. The fraction of sp³-hybridized carbons (Fsp3) is 0.650. The molecular formula is C20H33IN6O2. The number of hydrogen-bond acceptors (Lipinski definition) is 5. The van der Waals surface area contributed by atoms with Crippen LogP contribution in [-0.2, 0) is 11.3 Å². The summed E-state index contributed by atoms with van der Waals surface area (Å²) in [4.78, 5) is 28.0. The zero-order valence-corrected chi connectivity index (χ0v) is 20.0. The van der Waals surface area contributed by atoms with Gasteiger partial charge in [0.25, 0.3) is 0 Å². The monoisotopic (exact) mass is 516 g/mol. The van der Waals surface area contributed by atoms with E-state index in [1.807, 2.05) is 30.0 Å². The minimum absolute atomic E-state index is 0. The Hall–Kier alpha value is -1.62. The van der Waals surface area contributed by atoms with Gasteiger partial charge in [-0.2, -0.15) is 0 Å². The predicted molar refractivity (Wildman–Crippen MR) is 125 cm³/mol. The van der Waals surface area contributed by atoms with Crippen molar-refractivity contribution in [1.82, 2.24) is 25.0 Å². The van der Waals surface area contributed by atoms with Crippen molar-refractivity contribution in [2.45, 2.75) is 32.4 Å². The molecule has 1 aromatic heterocycles. The number of halogens is 1. The number of likely N-dealkylation sites (tertiary alicyclic amines) is 1. The molecule has 3 rings (SSSR count). The van der Waals surface area contributed by atoms with E-state index in [-0.39, 0.29) is 35.9 Å². The van der Waals surface area contributed by atoms with E-state index in [1.165, 1.54) is 0 Å². The number of methoxy groups -OCH3 is 1. The first kappa shape index (κ1) is 23.7. The largest absolute Gasteiger partial charge is 0.481 e. The molecule has 0 radical (unpaired) electrons. The van der Waals surface area contributed by atoms with Crippen LogP contribution in [0.25, 0.3) is 0 Å². The van der Waals surface area contributed by atoms with Gasteiger partial charge < -0.3 is 19.9 Å². The number of aromatic nitrogens is 1. The molecule has 9 heteroatoms. The van der Waals surface area contributed by atoms with Crippen molar-refractivity contribution in [3.8, 4) is 5.88 Å². The molecule has 1 aromatic rings. The lowest BCUT2D eigenvalue weighted by Gasteiger charge is -2.39. The molecule has 0 aliphatic carbocycles. The molecule has 1 unspecified atom stereocenters. The van der Waals surface area contributed by atoms with Gasteiger partial charge in [0, 0.05) is 52.4 Å². The van der Waals surface area contributed by atoms with E-state index < -0.39 is 0 Å². The Morgan fingerprint density at radius 3 is 2.48 bits per heavy atom. The SMILES string of the molecule is CN=C(NCc1cccc(OC)n1)N1CCN(C(C)C(=O)N2CCCC2)CC1.I. The van der Waals surface area contributed by atoms with Crippen LogP contribution in [0.1, 0.15) is 25.5 Å². The number of amides is 1. The van der Waals surface area contributed by atoms with E-state index >= 15 is 0 Å². The fourth-order valence-electron chi connectivity index (χ4n) is 3.85. The number of rotatable bonds is 5. The zero-order chi connectivity index (χ0) is 19.9. The van der Waals surface area contributed by atoms with E-state index in [1.54, 1.807) is 14.2 Å². The van der Waals surface area contributed by atoms with Crippen molar-refractivity contribution < 1.29 is 9.53 Å². The van der Waals surface area contributed by atoms with Crippen molar-refractivity contribution in [3.05, 3.63) is 23.9 Å².